The van der Waals surface area contributed by atoms with Gasteiger partial charge in [-0.15, -0.1) is 5.10 Å². The first kappa shape index (κ1) is 14.4. The monoisotopic (exact) mass is 329 g/mol. The quantitative estimate of drug-likeness (QED) is 0.873. The summed E-state index contributed by atoms with van der Waals surface area (Å²) < 4.78 is 1.49. The lowest BCUT2D eigenvalue weighted by Crippen LogP contribution is -2.31. The Morgan fingerprint density at radius 3 is 2.96 bits per heavy atom. The van der Waals surface area contributed by atoms with Crippen LogP contribution in [0.4, 0.5) is 0 Å². The highest BCUT2D eigenvalue weighted by Gasteiger charge is 2.35. The van der Waals surface area contributed by atoms with Crippen molar-refractivity contribution < 1.29 is 4.79 Å². The van der Waals surface area contributed by atoms with Crippen LogP contribution in [0.1, 0.15) is 23.2 Å². The molecule has 0 radical (unpaired) electrons. The molecule has 2 bridgehead atoms. The molecule has 2 aromatic rings. The zero-order valence-electron chi connectivity index (χ0n) is 12.4. The van der Waals surface area contributed by atoms with Gasteiger partial charge in [0.15, 0.2) is 0 Å². The van der Waals surface area contributed by atoms with Crippen LogP contribution in [-0.4, -0.2) is 32.7 Å². The highest BCUT2D eigenvalue weighted by Crippen LogP contribution is 2.42. The normalized spacial score (nSPS) is 25.0. The fraction of sp³-hybridized carbons (Fsp3) is 0.375. The Balaban J connectivity index is 1.47. The van der Waals surface area contributed by atoms with E-state index in [0.29, 0.717) is 40.6 Å². The lowest BCUT2D eigenvalue weighted by molar-refractivity contribution is 0.0945. The maximum Gasteiger partial charge on any atom is 0.252 e. The van der Waals surface area contributed by atoms with Gasteiger partial charge in [0.05, 0.1) is 16.3 Å². The Kier molecular flexibility index (Phi) is 3.61. The van der Waals surface area contributed by atoms with Crippen LogP contribution in [0.25, 0.3) is 5.69 Å². The minimum Gasteiger partial charge on any atom is -0.352 e. The molecule has 7 heteroatoms. The number of tetrazole rings is 1. The van der Waals surface area contributed by atoms with E-state index in [4.69, 9.17) is 11.6 Å². The lowest BCUT2D eigenvalue weighted by Gasteiger charge is -2.18. The first-order chi connectivity index (χ1) is 11.2. The van der Waals surface area contributed by atoms with Crippen molar-refractivity contribution in [3.05, 3.63) is 47.3 Å². The Labute approximate surface area is 138 Å². The van der Waals surface area contributed by atoms with Crippen molar-refractivity contribution >= 4 is 17.5 Å². The minimum atomic E-state index is -0.156. The summed E-state index contributed by atoms with van der Waals surface area (Å²) in [4.78, 5) is 12.5. The molecular formula is C16H16ClN5O. The number of amides is 1. The molecule has 0 spiro atoms. The van der Waals surface area contributed by atoms with E-state index in [1.165, 1.54) is 23.9 Å². The topological polar surface area (TPSA) is 72.7 Å². The highest BCUT2D eigenvalue weighted by atomic mass is 35.5. The second-order valence-corrected chi connectivity index (χ2v) is 6.58. The van der Waals surface area contributed by atoms with Gasteiger partial charge in [-0.25, -0.2) is 4.68 Å². The standard InChI is InChI=1S/C16H16ClN5O/c17-15-4-3-13(22-9-19-20-21-22)7-14(15)16(23)18-8-12-6-10-1-2-11(12)5-10/h1-4,7,9-12H,5-6,8H2,(H,18,23)/t10-,11-,12+/m1/s1. The largest absolute Gasteiger partial charge is 0.352 e. The second kappa shape index (κ2) is 5.77. The molecule has 1 aromatic heterocycles. The minimum absolute atomic E-state index is 0.156. The molecule has 1 saturated carbocycles. The van der Waals surface area contributed by atoms with Crippen molar-refractivity contribution in [2.75, 3.05) is 6.54 Å². The van der Waals surface area contributed by atoms with Crippen LogP contribution in [0.15, 0.2) is 36.7 Å². The van der Waals surface area contributed by atoms with Crippen molar-refractivity contribution in [1.29, 1.82) is 0 Å². The van der Waals surface area contributed by atoms with E-state index in [1.54, 1.807) is 18.2 Å². The van der Waals surface area contributed by atoms with Gasteiger partial charge in [0, 0.05) is 6.54 Å². The molecule has 2 aliphatic rings. The number of nitrogens with one attached hydrogen (secondary N) is 1. The molecule has 6 nitrogen and oxygen atoms in total. The zero-order chi connectivity index (χ0) is 15.8. The summed E-state index contributed by atoms with van der Waals surface area (Å²) >= 11 is 6.18. The van der Waals surface area contributed by atoms with Gasteiger partial charge in [0.2, 0.25) is 0 Å². The summed E-state index contributed by atoms with van der Waals surface area (Å²) in [6.07, 6.45) is 8.47. The number of hydrogen-bond donors (Lipinski definition) is 1. The summed E-state index contributed by atoms with van der Waals surface area (Å²) in [6.45, 7) is 0.690. The maximum absolute atomic E-state index is 12.5. The van der Waals surface area contributed by atoms with E-state index in [9.17, 15) is 4.79 Å². The van der Waals surface area contributed by atoms with Gasteiger partial charge in [0.25, 0.3) is 5.91 Å². The van der Waals surface area contributed by atoms with Crippen molar-refractivity contribution in [1.82, 2.24) is 25.5 Å². The number of fused-ring (bicyclic) bond motifs is 2. The fourth-order valence-corrected chi connectivity index (χ4v) is 3.76. The summed E-state index contributed by atoms with van der Waals surface area (Å²) in [6, 6.07) is 5.17. The molecule has 1 amide bonds. The van der Waals surface area contributed by atoms with Gasteiger partial charge >= 0.3 is 0 Å². The van der Waals surface area contributed by atoms with E-state index in [2.05, 4.69) is 33.0 Å². The average Bonchev–Trinajstić information content (AvgIpc) is 3.30. The number of rotatable bonds is 4. The molecular weight excluding hydrogens is 314 g/mol. The molecule has 1 N–H and O–H groups in total. The van der Waals surface area contributed by atoms with Crippen LogP contribution < -0.4 is 5.32 Å². The molecule has 118 valence electrons. The van der Waals surface area contributed by atoms with Gasteiger partial charge in [-0.1, -0.05) is 23.8 Å². The fourth-order valence-electron chi connectivity index (χ4n) is 3.56. The Morgan fingerprint density at radius 2 is 2.26 bits per heavy atom. The van der Waals surface area contributed by atoms with E-state index in [1.807, 2.05) is 0 Å². The molecule has 4 rings (SSSR count). The van der Waals surface area contributed by atoms with Crippen LogP contribution in [0.5, 0.6) is 0 Å². The third-order valence-corrected chi connectivity index (χ3v) is 5.08. The van der Waals surface area contributed by atoms with Crippen molar-refractivity contribution in [3.63, 3.8) is 0 Å². The van der Waals surface area contributed by atoms with Crippen LogP contribution in [0.3, 0.4) is 0 Å². The average molecular weight is 330 g/mol. The summed E-state index contributed by atoms with van der Waals surface area (Å²) in [5.41, 5.74) is 1.14. The van der Waals surface area contributed by atoms with Crippen LogP contribution in [0.2, 0.25) is 5.02 Å². The lowest BCUT2D eigenvalue weighted by atomic mass is 9.93. The third kappa shape index (κ3) is 2.74. The number of allylic oxidation sites excluding steroid dienone is 2. The number of halogens is 1. The smallest absolute Gasteiger partial charge is 0.252 e. The number of benzene rings is 1. The summed E-state index contributed by atoms with van der Waals surface area (Å²) in [7, 11) is 0. The predicted octanol–water partition coefficient (Wildman–Crippen LogP) is 2.26. The van der Waals surface area contributed by atoms with E-state index in [0.717, 1.165) is 0 Å². The third-order valence-electron chi connectivity index (χ3n) is 4.75. The Morgan fingerprint density at radius 1 is 1.35 bits per heavy atom. The summed E-state index contributed by atoms with van der Waals surface area (Å²) in [5, 5.41) is 14.5. The molecule has 2 aliphatic carbocycles. The van der Waals surface area contributed by atoms with E-state index < -0.39 is 0 Å². The van der Waals surface area contributed by atoms with E-state index >= 15 is 0 Å². The Bertz CT molecular complexity index is 758. The molecule has 1 heterocycles. The van der Waals surface area contributed by atoms with Crippen LogP contribution in [-0.2, 0) is 0 Å². The zero-order valence-corrected chi connectivity index (χ0v) is 13.1. The van der Waals surface area contributed by atoms with Crippen molar-refractivity contribution in [3.8, 4) is 5.69 Å². The number of carbonyl (C=O) groups is 1. The SMILES string of the molecule is O=C(NC[C@@H]1C[C@@H]2C=C[C@@H]1C2)c1cc(-n2cnnn2)ccc1Cl. The Hall–Kier alpha value is -2.21. The number of nitrogens with zero attached hydrogens (tertiary/aromatic N) is 4. The molecule has 23 heavy (non-hydrogen) atoms. The molecule has 1 aromatic carbocycles. The molecule has 0 aliphatic heterocycles. The van der Waals surface area contributed by atoms with E-state index in [-0.39, 0.29) is 5.91 Å². The molecule has 3 atom stereocenters. The van der Waals surface area contributed by atoms with Gasteiger partial charge in [0.1, 0.15) is 6.33 Å². The molecule has 0 unspecified atom stereocenters. The second-order valence-electron chi connectivity index (χ2n) is 6.17. The predicted molar refractivity (Wildman–Crippen MR) is 85.3 cm³/mol. The maximum atomic E-state index is 12.5. The van der Waals surface area contributed by atoms with Gasteiger partial charge in [-0.3, -0.25) is 4.79 Å². The van der Waals surface area contributed by atoms with Gasteiger partial charge < -0.3 is 5.32 Å². The van der Waals surface area contributed by atoms with Crippen LogP contribution in [0, 0.1) is 17.8 Å². The molecule has 1 fully saturated rings. The van der Waals surface area contributed by atoms with Gasteiger partial charge in [-0.05, 0) is 59.2 Å². The van der Waals surface area contributed by atoms with Gasteiger partial charge in [-0.2, -0.15) is 0 Å². The number of carbonyl (C=O) groups excluding carboxylic acids is 1. The highest BCUT2D eigenvalue weighted by molar-refractivity contribution is 6.33. The summed E-state index contributed by atoms with van der Waals surface area (Å²) in [5.74, 6) is 1.70. The first-order valence-corrected chi connectivity index (χ1v) is 8.08. The van der Waals surface area contributed by atoms with Crippen molar-refractivity contribution in [2.24, 2.45) is 17.8 Å². The van der Waals surface area contributed by atoms with Crippen LogP contribution >= 0.6 is 11.6 Å². The van der Waals surface area contributed by atoms with Crippen molar-refractivity contribution in [2.45, 2.75) is 12.8 Å². The molecule has 0 saturated heterocycles. The number of hydrogen-bond acceptors (Lipinski definition) is 4. The number of aromatic nitrogens is 4. The first-order valence-electron chi connectivity index (χ1n) is 7.70.